The molecular weight excluding hydrogens is 430 g/mol. The highest BCUT2D eigenvalue weighted by atomic mass is 35.5. The third-order valence-corrected chi connectivity index (χ3v) is 5.35. The first-order valence-electron chi connectivity index (χ1n) is 9.76. The first-order valence-corrected chi connectivity index (χ1v) is 10.1. The van der Waals surface area contributed by atoms with Crippen LogP contribution in [0.1, 0.15) is 11.1 Å². The number of ether oxygens (including phenoxy) is 2. The average Bonchev–Trinajstić information content (AvgIpc) is 3.04. The number of pyridine rings is 1. The van der Waals surface area contributed by atoms with Crippen molar-refractivity contribution >= 4 is 34.7 Å². The number of nitrogens with zero attached hydrogens (tertiary/aromatic N) is 2. The summed E-state index contributed by atoms with van der Waals surface area (Å²) in [4.78, 5) is 32.0. The van der Waals surface area contributed by atoms with E-state index in [9.17, 15) is 9.59 Å². The molecule has 0 atom stereocenters. The summed E-state index contributed by atoms with van der Waals surface area (Å²) in [5.74, 6) is 0.129. The zero-order chi connectivity index (χ0) is 22.7. The fraction of sp³-hybridized carbons (Fsp3) is 0.125. The first-order chi connectivity index (χ1) is 15.5. The van der Waals surface area contributed by atoms with E-state index < -0.39 is 11.8 Å². The van der Waals surface area contributed by atoms with Crippen LogP contribution >= 0.6 is 11.6 Å². The molecule has 32 heavy (non-hydrogen) atoms. The summed E-state index contributed by atoms with van der Waals surface area (Å²) >= 11 is 6.25. The van der Waals surface area contributed by atoms with E-state index in [0.29, 0.717) is 27.8 Å². The molecular formula is C24H20ClN3O4. The average molecular weight is 450 g/mol. The number of anilines is 1. The number of aromatic nitrogens is 1. The number of halogens is 1. The maximum absolute atomic E-state index is 13.4. The molecule has 1 N–H and O–H groups in total. The number of para-hydroxylation sites is 1. The number of hydrogen-bond acceptors (Lipinski definition) is 6. The lowest BCUT2D eigenvalue weighted by atomic mass is 10.0. The standard InChI is InChI=1S/C24H20ClN3O4/c1-31-19-6-4-3-5-17(19)21-22(27-16-7-8-20(32-2)18(25)13-16)24(30)28(23(21)29)14-15-9-11-26-12-10-15/h3-13,27H,14H2,1-2H3. The molecule has 8 heteroatoms. The molecule has 162 valence electrons. The molecule has 0 unspecified atom stereocenters. The van der Waals surface area contributed by atoms with E-state index in [1.54, 1.807) is 67.0 Å². The molecule has 0 fully saturated rings. The van der Waals surface area contributed by atoms with Gasteiger partial charge in [0.15, 0.2) is 0 Å². The van der Waals surface area contributed by atoms with Crippen LogP contribution in [0.25, 0.3) is 5.57 Å². The first kappa shape index (κ1) is 21.4. The summed E-state index contributed by atoms with van der Waals surface area (Å²) in [5, 5.41) is 3.47. The van der Waals surface area contributed by atoms with Crippen LogP contribution in [0.2, 0.25) is 5.02 Å². The Morgan fingerprint density at radius 1 is 0.938 bits per heavy atom. The Morgan fingerprint density at radius 2 is 1.66 bits per heavy atom. The van der Waals surface area contributed by atoms with Gasteiger partial charge >= 0.3 is 0 Å². The van der Waals surface area contributed by atoms with Crippen LogP contribution in [0, 0.1) is 0 Å². The molecule has 1 aromatic heterocycles. The Labute approximate surface area is 190 Å². The van der Waals surface area contributed by atoms with Gasteiger partial charge in [0, 0.05) is 23.6 Å². The molecule has 0 bridgehead atoms. The number of rotatable bonds is 7. The maximum atomic E-state index is 13.4. The van der Waals surface area contributed by atoms with Gasteiger partial charge in [-0.2, -0.15) is 0 Å². The molecule has 4 rings (SSSR count). The van der Waals surface area contributed by atoms with E-state index in [-0.39, 0.29) is 17.8 Å². The Bertz CT molecular complexity index is 1210. The van der Waals surface area contributed by atoms with Crippen molar-refractivity contribution in [2.45, 2.75) is 6.54 Å². The van der Waals surface area contributed by atoms with Gasteiger partial charge in [0.05, 0.1) is 31.4 Å². The Morgan fingerprint density at radius 3 is 2.34 bits per heavy atom. The summed E-state index contributed by atoms with van der Waals surface area (Å²) in [6.07, 6.45) is 3.24. The molecule has 0 saturated carbocycles. The summed E-state index contributed by atoms with van der Waals surface area (Å²) in [6.45, 7) is 0.118. The van der Waals surface area contributed by atoms with Gasteiger partial charge in [-0.3, -0.25) is 19.5 Å². The number of hydrogen-bond donors (Lipinski definition) is 1. The normalized spacial score (nSPS) is 13.5. The molecule has 3 aromatic rings. The summed E-state index contributed by atoms with van der Waals surface area (Å²) < 4.78 is 10.6. The summed E-state index contributed by atoms with van der Waals surface area (Å²) in [6, 6.07) is 15.6. The maximum Gasteiger partial charge on any atom is 0.278 e. The van der Waals surface area contributed by atoms with Crippen molar-refractivity contribution in [1.29, 1.82) is 0 Å². The van der Waals surface area contributed by atoms with Gasteiger partial charge in [0.1, 0.15) is 17.2 Å². The Kier molecular flexibility index (Phi) is 6.09. The summed E-state index contributed by atoms with van der Waals surface area (Å²) in [5.41, 5.74) is 2.23. The second kappa shape index (κ2) is 9.11. The van der Waals surface area contributed by atoms with Crippen molar-refractivity contribution in [1.82, 2.24) is 9.88 Å². The molecule has 1 aliphatic rings. The highest BCUT2D eigenvalue weighted by Gasteiger charge is 2.40. The number of methoxy groups -OCH3 is 2. The van der Waals surface area contributed by atoms with Gasteiger partial charge in [-0.1, -0.05) is 29.8 Å². The van der Waals surface area contributed by atoms with Crippen molar-refractivity contribution < 1.29 is 19.1 Å². The molecule has 1 aliphatic heterocycles. The van der Waals surface area contributed by atoms with Crippen molar-refractivity contribution in [2.24, 2.45) is 0 Å². The van der Waals surface area contributed by atoms with Crippen LogP contribution in [0.4, 0.5) is 5.69 Å². The molecule has 0 radical (unpaired) electrons. The monoisotopic (exact) mass is 449 g/mol. The van der Waals surface area contributed by atoms with Gasteiger partial charge < -0.3 is 14.8 Å². The zero-order valence-electron chi connectivity index (χ0n) is 17.5. The predicted molar refractivity (Wildman–Crippen MR) is 121 cm³/mol. The van der Waals surface area contributed by atoms with Crippen LogP contribution in [0.5, 0.6) is 11.5 Å². The molecule has 2 heterocycles. The van der Waals surface area contributed by atoms with E-state index in [1.165, 1.54) is 19.1 Å². The molecule has 0 saturated heterocycles. The van der Waals surface area contributed by atoms with E-state index in [2.05, 4.69) is 10.3 Å². The largest absolute Gasteiger partial charge is 0.496 e. The lowest BCUT2D eigenvalue weighted by molar-refractivity contribution is -0.137. The lowest BCUT2D eigenvalue weighted by Crippen LogP contribution is -2.32. The highest BCUT2D eigenvalue weighted by molar-refractivity contribution is 6.37. The van der Waals surface area contributed by atoms with E-state index in [1.807, 2.05) is 0 Å². The molecule has 0 aliphatic carbocycles. The van der Waals surface area contributed by atoms with Crippen LogP contribution in [0.15, 0.2) is 72.7 Å². The molecule has 0 spiro atoms. The lowest BCUT2D eigenvalue weighted by Gasteiger charge is -2.15. The minimum absolute atomic E-state index is 0.118. The number of amides is 2. The van der Waals surface area contributed by atoms with E-state index >= 15 is 0 Å². The topological polar surface area (TPSA) is 80.8 Å². The van der Waals surface area contributed by atoms with Gasteiger partial charge in [0.2, 0.25) is 0 Å². The van der Waals surface area contributed by atoms with E-state index in [0.717, 1.165) is 5.56 Å². The van der Waals surface area contributed by atoms with Crippen molar-refractivity contribution in [3.05, 3.63) is 88.8 Å². The van der Waals surface area contributed by atoms with E-state index in [4.69, 9.17) is 21.1 Å². The molecule has 2 aromatic carbocycles. The van der Waals surface area contributed by atoms with Crippen molar-refractivity contribution in [2.75, 3.05) is 19.5 Å². The van der Waals surface area contributed by atoms with Crippen LogP contribution < -0.4 is 14.8 Å². The van der Waals surface area contributed by atoms with Gasteiger partial charge in [-0.05, 0) is 42.0 Å². The Hall–Kier alpha value is -3.84. The quantitative estimate of drug-likeness (QED) is 0.546. The molecule has 2 amide bonds. The smallest absolute Gasteiger partial charge is 0.278 e. The number of carbonyl (C=O) groups is 2. The minimum Gasteiger partial charge on any atom is -0.496 e. The fourth-order valence-corrected chi connectivity index (χ4v) is 3.75. The number of benzene rings is 2. The third-order valence-electron chi connectivity index (χ3n) is 5.06. The second-order valence-corrected chi connectivity index (χ2v) is 7.38. The number of imide groups is 1. The van der Waals surface area contributed by atoms with Crippen LogP contribution in [0.3, 0.4) is 0 Å². The number of nitrogens with one attached hydrogen (secondary N) is 1. The zero-order valence-corrected chi connectivity index (χ0v) is 18.2. The van der Waals surface area contributed by atoms with Gasteiger partial charge in [-0.15, -0.1) is 0 Å². The van der Waals surface area contributed by atoms with Crippen LogP contribution in [-0.2, 0) is 16.1 Å². The predicted octanol–water partition coefficient (Wildman–Crippen LogP) is 4.14. The Balaban J connectivity index is 1.78. The van der Waals surface area contributed by atoms with Gasteiger partial charge in [-0.25, -0.2) is 0 Å². The van der Waals surface area contributed by atoms with Crippen molar-refractivity contribution in [3.8, 4) is 11.5 Å². The van der Waals surface area contributed by atoms with Gasteiger partial charge in [0.25, 0.3) is 11.8 Å². The fourth-order valence-electron chi connectivity index (χ4n) is 3.50. The number of carbonyl (C=O) groups excluding carboxylic acids is 2. The SMILES string of the molecule is COc1ccc(NC2=C(c3ccccc3OC)C(=O)N(Cc3ccncc3)C2=O)cc1Cl. The summed E-state index contributed by atoms with van der Waals surface area (Å²) in [7, 11) is 3.04. The van der Waals surface area contributed by atoms with Crippen molar-refractivity contribution in [3.63, 3.8) is 0 Å². The third kappa shape index (κ3) is 4.02. The molecule has 7 nitrogen and oxygen atoms in total. The van der Waals surface area contributed by atoms with Crippen LogP contribution in [-0.4, -0.2) is 35.9 Å². The minimum atomic E-state index is -0.445. The highest BCUT2D eigenvalue weighted by Crippen LogP contribution is 2.36. The second-order valence-electron chi connectivity index (χ2n) is 6.98.